The first-order chi connectivity index (χ1) is 34.1. The van der Waals surface area contributed by atoms with Crippen molar-refractivity contribution in [1.82, 2.24) is 4.57 Å². The molecule has 2 N–H and O–H groups in total. The molecule has 1 atom stereocenters. The van der Waals surface area contributed by atoms with Crippen molar-refractivity contribution in [2.24, 2.45) is 5.73 Å². The van der Waals surface area contributed by atoms with Crippen molar-refractivity contribution >= 4 is 72.2 Å². The van der Waals surface area contributed by atoms with Crippen LogP contribution < -0.4 is 21.1 Å². The van der Waals surface area contributed by atoms with Crippen LogP contribution in [0, 0.1) is 0 Å². The highest BCUT2D eigenvalue weighted by molar-refractivity contribution is 6.11. The lowest BCUT2D eigenvalue weighted by atomic mass is 9.92. The number of rotatable bonds is 9. The predicted octanol–water partition coefficient (Wildman–Crippen LogP) is 15.6. The quantitative estimate of drug-likeness (QED) is 0.157. The Morgan fingerprint density at radius 1 is 0.449 bits per heavy atom. The van der Waals surface area contributed by atoms with Crippen molar-refractivity contribution in [1.29, 1.82) is 0 Å². The average Bonchev–Trinajstić information content (AvgIpc) is 3.74. The minimum Gasteiger partial charge on any atom is -0.398 e. The molecular weight excluding hydrogens is 835 g/mol. The second kappa shape index (κ2) is 17.7. The van der Waals surface area contributed by atoms with Crippen LogP contribution in [0.15, 0.2) is 255 Å². The molecule has 0 bridgehead atoms. The Hall–Kier alpha value is -8.92. The molecule has 0 aliphatic rings. The van der Waals surface area contributed by atoms with Crippen molar-refractivity contribution < 1.29 is 0 Å². The summed E-state index contributed by atoms with van der Waals surface area (Å²) in [5.74, 6) is 0.118. The molecule has 0 saturated heterocycles. The number of hydrogen-bond donors (Lipinski definition) is 1. The van der Waals surface area contributed by atoms with Crippen molar-refractivity contribution in [3.63, 3.8) is 0 Å². The van der Waals surface area contributed by atoms with Crippen LogP contribution in [0.4, 0.5) is 17.1 Å². The molecule has 3 heteroatoms. The topological polar surface area (TPSA) is 34.2 Å². The van der Waals surface area contributed by atoms with E-state index >= 15 is 0 Å². The van der Waals surface area contributed by atoms with Gasteiger partial charge in [-0.2, -0.15) is 0 Å². The third-order valence-electron chi connectivity index (χ3n) is 13.8. The summed E-state index contributed by atoms with van der Waals surface area (Å²) in [5, 5.41) is 9.42. The lowest BCUT2D eigenvalue weighted by Crippen LogP contribution is -2.30. The number of nitrogens with zero attached hydrogens (tertiary/aromatic N) is 2. The fourth-order valence-corrected chi connectivity index (χ4v) is 10.4. The first kappa shape index (κ1) is 41.5. The van der Waals surface area contributed by atoms with Gasteiger partial charge in [-0.25, -0.2) is 0 Å². The largest absolute Gasteiger partial charge is 0.398 e. The summed E-state index contributed by atoms with van der Waals surface area (Å²) in [6.45, 7) is 2.28. The Kier molecular flexibility index (Phi) is 10.7. The average molecular weight is 884 g/mol. The number of para-hydroxylation sites is 2. The van der Waals surface area contributed by atoms with E-state index in [1.165, 1.54) is 49.0 Å². The molecule has 0 radical (unpaired) electrons. The van der Waals surface area contributed by atoms with Gasteiger partial charge in [0.1, 0.15) is 0 Å². The van der Waals surface area contributed by atoms with E-state index in [0.29, 0.717) is 0 Å². The van der Waals surface area contributed by atoms with E-state index in [2.05, 4.69) is 259 Å². The zero-order valence-corrected chi connectivity index (χ0v) is 38.4. The number of benzene rings is 11. The van der Waals surface area contributed by atoms with E-state index in [9.17, 15) is 0 Å². The molecule has 0 fully saturated rings. The zero-order valence-electron chi connectivity index (χ0n) is 38.4. The highest BCUT2D eigenvalue weighted by atomic mass is 15.1. The summed E-state index contributed by atoms with van der Waals surface area (Å²) in [7, 11) is 0. The molecule has 328 valence electrons. The highest BCUT2D eigenvalue weighted by Crippen LogP contribution is 2.46. The van der Waals surface area contributed by atoms with E-state index in [0.717, 1.165) is 66.7 Å². The van der Waals surface area contributed by atoms with Gasteiger partial charge in [0.05, 0.1) is 22.4 Å². The van der Waals surface area contributed by atoms with E-state index in [1.807, 2.05) is 18.2 Å². The molecule has 1 aromatic heterocycles. The Morgan fingerprint density at radius 2 is 1.06 bits per heavy atom. The second-order valence-electron chi connectivity index (χ2n) is 17.9. The van der Waals surface area contributed by atoms with Crippen molar-refractivity contribution in [2.75, 3.05) is 4.90 Å². The van der Waals surface area contributed by atoms with E-state index < -0.39 is 0 Å². The van der Waals surface area contributed by atoms with E-state index in [1.54, 1.807) is 0 Å². The van der Waals surface area contributed by atoms with Gasteiger partial charge < -0.3 is 15.2 Å². The van der Waals surface area contributed by atoms with Gasteiger partial charge in [0.15, 0.2) is 0 Å². The van der Waals surface area contributed by atoms with Crippen LogP contribution in [-0.2, 0) is 0 Å². The monoisotopic (exact) mass is 883 g/mol. The molecule has 12 aromatic rings. The maximum Gasteiger partial charge on any atom is 0.0547 e. The van der Waals surface area contributed by atoms with Crippen molar-refractivity contribution in [3.05, 3.63) is 276 Å². The van der Waals surface area contributed by atoms with Crippen LogP contribution in [-0.4, -0.2) is 4.57 Å². The van der Waals surface area contributed by atoms with Crippen molar-refractivity contribution in [3.8, 4) is 27.9 Å². The molecule has 69 heavy (non-hydrogen) atoms. The number of anilines is 3. The Bertz CT molecular complexity index is 3990. The minimum absolute atomic E-state index is 0.118. The zero-order chi connectivity index (χ0) is 46.3. The number of hydrogen-bond acceptors (Lipinski definition) is 2. The van der Waals surface area contributed by atoms with Crippen LogP contribution >= 0.6 is 0 Å². The Balaban J connectivity index is 1.01. The first-order valence-corrected chi connectivity index (χ1v) is 23.8. The molecule has 0 saturated carbocycles. The maximum absolute atomic E-state index is 6.82. The smallest absolute Gasteiger partial charge is 0.0547 e. The third-order valence-corrected chi connectivity index (χ3v) is 13.8. The van der Waals surface area contributed by atoms with Gasteiger partial charge in [0, 0.05) is 44.0 Å². The first-order valence-electron chi connectivity index (χ1n) is 23.8. The van der Waals surface area contributed by atoms with Crippen LogP contribution in [0.5, 0.6) is 0 Å². The molecule has 0 aliphatic carbocycles. The fourth-order valence-electron chi connectivity index (χ4n) is 10.4. The predicted molar refractivity (Wildman–Crippen MR) is 293 cm³/mol. The molecule has 1 heterocycles. The summed E-state index contributed by atoms with van der Waals surface area (Å²) in [6, 6.07) is 92.0. The number of nitrogens with two attached hydrogens (primary N) is 1. The van der Waals surface area contributed by atoms with Crippen LogP contribution in [0.1, 0.15) is 24.0 Å². The Morgan fingerprint density at radius 3 is 1.88 bits per heavy atom. The second-order valence-corrected chi connectivity index (χ2v) is 17.9. The van der Waals surface area contributed by atoms with Crippen LogP contribution in [0.3, 0.4) is 0 Å². The van der Waals surface area contributed by atoms with Gasteiger partial charge in [-0.05, 0) is 104 Å². The fraction of sp³-hybridized carbons (Fsp3) is 0.0303. The van der Waals surface area contributed by atoms with Gasteiger partial charge in [-0.1, -0.05) is 219 Å². The third kappa shape index (κ3) is 7.61. The molecule has 11 aromatic carbocycles. The molecular formula is C66H49N3. The summed E-state index contributed by atoms with van der Waals surface area (Å²) in [4.78, 5) is 2.45. The number of fused-ring (bicyclic) bond motifs is 5. The molecule has 12 rings (SSSR count). The van der Waals surface area contributed by atoms with Crippen molar-refractivity contribution in [2.45, 2.75) is 12.8 Å². The molecule has 1 unspecified atom stereocenters. The van der Waals surface area contributed by atoms with Crippen LogP contribution in [0.25, 0.3) is 83.1 Å². The summed E-state index contributed by atoms with van der Waals surface area (Å²) in [6.07, 6.45) is 2.34. The van der Waals surface area contributed by atoms with E-state index in [4.69, 9.17) is 5.73 Å². The lowest BCUT2D eigenvalue weighted by molar-refractivity contribution is 1.02. The van der Waals surface area contributed by atoms with Gasteiger partial charge in [-0.3, -0.25) is 0 Å². The maximum atomic E-state index is 6.82. The Labute approximate surface area is 402 Å². The SMILES string of the molecule is CC(C=c1cccc/c1=C(/N)c1ccccc1)c1ccc2c3ccc(-c4ccccc4-c4ccccc4N(c4ccc5ccccc5c4)c4cccc5ccccc45)cc3n(-c3ccccc3)c2c1. The summed E-state index contributed by atoms with van der Waals surface area (Å²) in [5.41, 5.74) is 21.3. The van der Waals surface area contributed by atoms with Gasteiger partial charge in [0.2, 0.25) is 0 Å². The normalized spacial score (nSPS) is 12.7. The standard InChI is InChI=1S/C66H49N3/c1-45(41-51-24-11-13-30-57(51)66(67)48-21-4-2-5-22-48)49-36-39-60-61-40-37-52(44-65(61)68(64(60)43-49)53-26-6-3-7-27-53)55-28-14-15-31-58(55)59-32-16-17-33-63(59)69(54-38-35-46-19-8-9-23-50(46)42-54)62-34-18-25-47-20-10-12-29-56(47)62/h2-45H,67H2,1H3/b51-41?,66-57-. The minimum atomic E-state index is 0.118. The van der Waals surface area contributed by atoms with E-state index in [-0.39, 0.29) is 5.92 Å². The summed E-state index contributed by atoms with van der Waals surface area (Å²) >= 11 is 0. The summed E-state index contributed by atoms with van der Waals surface area (Å²) < 4.78 is 2.44. The van der Waals surface area contributed by atoms with Gasteiger partial charge >= 0.3 is 0 Å². The lowest BCUT2D eigenvalue weighted by Gasteiger charge is -2.29. The van der Waals surface area contributed by atoms with Gasteiger partial charge in [-0.15, -0.1) is 0 Å². The van der Waals surface area contributed by atoms with Crippen LogP contribution in [0.2, 0.25) is 0 Å². The molecule has 0 amide bonds. The molecule has 0 aliphatic heterocycles. The number of aromatic nitrogens is 1. The molecule has 3 nitrogen and oxygen atoms in total. The molecule has 0 spiro atoms. The van der Waals surface area contributed by atoms with Gasteiger partial charge in [0.25, 0.3) is 0 Å². The highest BCUT2D eigenvalue weighted by Gasteiger charge is 2.22.